The lowest BCUT2D eigenvalue weighted by Gasteiger charge is -2.03. The molecule has 0 aliphatic rings. The Balaban J connectivity index is 2.42. The van der Waals surface area contributed by atoms with E-state index in [0.29, 0.717) is 5.92 Å². The highest BCUT2D eigenvalue weighted by molar-refractivity contribution is 5.16. The lowest BCUT2D eigenvalue weighted by atomic mass is 10.0. The predicted molar refractivity (Wildman–Crippen MR) is 63.4 cm³/mol. The summed E-state index contributed by atoms with van der Waals surface area (Å²) in [6, 6.07) is 10.7. The van der Waals surface area contributed by atoms with Crippen LogP contribution in [0.4, 0.5) is 0 Å². The van der Waals surface area contributed by atoms with Gasteiger partial charge in [0.2, 0.25) is 0 Å². The van der Waals surface area contributed by atoms with E-state index in [9.17, 15) is 0 Å². The molecule has 0 aromatic heterocycles. The standard InChI is InChI=1S/C14H20/c1-12(2)11-13(3)9-10-14-7-5-4-6-8-14/h4-8,11-12H,9-10H2,1-3H3. The van der Waals surface area contributed by atoms with Gasteiger partial charge in [0.25, 0.3) is 0 Å². The Morgan fingerprint density at radius 2 is 1.86 bits per heavy atom. The van der Waals surface area contributed by atoms with E-state index < -0.39 is 0 Å². The van der Waals surface area contributed by atoms with E-state index in [1.807, 2.05) is 0 Å². The molecule has 0 nitrogen and oxygen atoms in total. The van der Waals surface area contributed by atoms with E-state index in [1.165, 1.54) is 17.6 Å². The van der Waals surface area contributed by atoms with Gasteiger partial charge in [0, 0.05) is 0 Å². The highest BCUT2D eigenvalue weighted by atomic mass is 14.0. The van der Waals surface area contributed by atoms with Crippen molar-refractivity contribution in [2.75, 3.05) is 0 Å². The van der Waals surface area contributed by atoms with Crippen molar-refractivity contribution in [3.8, 4) is 0 Å². The van der Waals surface area contributed by atoms with Crippen LogP contribution in [0.2, 0.25) is 0 Å². The summed E-state index contributed by atoms with van der Waals surface area (Å²) in [4.78, 5) is 0. The molecule has 0 spiro atoms. The zero-order valence-electron chi connectivity index (χ0n) is 9.46. The topological polar surface area (TPSA) is 0 Å². The van der Waals surface area contributed by atoms with E-state index in [4.69, 9.17) is 0 Å². The number of rotatable bonds is 4. The minimum absolute atomic E-state index is 0.672. The van der Waals surface area contributed by atoms with E-state index >= 15 is 0 Å². The fourth-order valence-corrected chi connectivity index (χ4v) is 1.64. The molecule has 0 fully saturated rings. The highest BCUT2D eigenvalue weighted by Crippen LogP contribution is 2.10. The zero-order valence-corrected chi connectivity index (χ0v) is 9.46. The minimum atomic E-state index is 0.672. The molecule has 0 amide bonds. The minimum Gasteiger partial charge on any atom is -0.0830 e. The van der Waals surface area contributed by atoms with Gasteiger partial charge in [-0.3, -0.25) is 0 Å². The van der Waals surface area contributed by atoms with Crippen LogP contribution in [0.3, 0.4) is 0 Å². The average Bonchev–Trinajstić information content (AvgIpc) is 2.15. The molecule has 0 unspecified atom stereocenters. The first-order valence-corrected chi connectivity index (χ1v) is 5.39. The van der Waals surface area contributed by atoms with E-state index in [2.05, 4.69) is 57.2 Å². The number of hydrogen-bond acceptors (Lipinski definition) is 0. The molecule has 0 atom stereocenters. The summed E-state index contributed by atoms with van der Waals surface area (Å²) < 4.78 is 0. The van der Waals surface area contributed by atoms with Crippen LogP contribution in [0.5, 0.6) is 0 Å². The second-order valence-corrected chi connectivity index (χ2v) is 4.24. The maximum Gasteiger partial charge on any atom is -0.0242 e. The van der Waals surface area contributed by atoms with Crippen LogP contribution in [-0.2, 0) is 6.42 Å². The molecule has 0 saturated carbocycles. The molecule has 1 aromatic carbocycles. The third-order valence-electron chi connectivity index (χ3n) is 2.27. The fourth-order valence-electron chi connectivity index (χ4n) is 1.64. The molecular weight excluding hydrogens is 168 g/mol. The van der Waals surface area contributed by atoms with Crippen LogP contribution in [-0.4, -0.2) is 0 Å². The number of aryl methyl sites for hydroxylation is 1. The third-order valence-corrected chi connectivity index (χ3v) is 2.27. The van der Waals surface area contributed by atoms with Crippen molar-refractivity contribution in [3.63, 3.8) is 0 Å². The summed E-state index contributed by atoms with van der Waals surface area (Å²) >= 11 is 0. The van der Waals surface area contributed by atoms with Crippen molar-refractivity contribution in [3.05, 3.63) is 47.5 Å². The summed E-state index contributed by atoms with van der Waals surface area (Å²) in [7, 11) is 0. The summed E-state index contributed by atoms with van der Waals surface area (Å²) in [6.07, 6.45) is 4.70. The van der Waals surface area contributed by atoms with Crippen molar-refractivity contribution >= 4 is 0 Å². The van der Waals surface area contributed by atoms with Crippen molar-refractivity contribution in [1.29, 1.82) is 0 Å². The summed E-state index contributed by atoms with van der Waals surface area (Å²) in [5.41, 5.74) is 2.94. The monoisotopic (exact) mass is 188 g/mol. The first kappa shape index (κ1) is 11.0. The molecule has 0 bridgehead atoms. The second-order valence-electron chi connectivity index (χ2n) is 4.24. The SMILES string of the molecule is CC(=CC(C)C)CCc1ccccc1. The van der Waals surface area contributed by atoms with Crippen LogP contribution >= 0.6 is 0 Å². The van der Waals surface area contributed by atoms with Gasteiger partial charge < -0.3 is 0 Å². The second kappa shape index (κ2) is 5.64. The summed E-state index contributed by atoms with van der Waals surface area (Å²) in [6.45, 7) is 6.68. The van der Waals surface area contributed by atoms with Crippen molar-refractivity contribution in [2.45, 2.75) is 33.6 Å². The number of benzene rings is 1. The van der Waals surface area contributed by atoms with Crippen LogP contribution in [0, 0.1) is 5.92 Å². The van der Waals surface area contributed by atoms with Crippen molar-refractivity contribution < 1.29 is 0 Å². The summed E-state index contributed by atoms with van der Waals surface area (Å²) in [5, 5.41) is 0. The van der Waals surface area contributed by atoms with Crippen LogP contribution in [0.15, 0.2) is 42.0 Å². The van der Waals surface area contributed by atoms with E-state index in [0.717, 1.165) is 6.42 Å². The fraction of sp³-hybridized carbons (Fsp3) is 0.429. The predicted octanol–water partition coefficient (Wildman–Crippen LogP) is 4.22. The number of allylic oxidation sites excluding steroid dienone is 2. The number of hydrogen-bond donors (Lipinski definition) is 0. The normalized spacial score (nSPS) is 12.1. The van der Waals surface area contributed by atoms with Gasteiger partial charge in [0.1, 0.15) is 0 Å². The Labute approximate surface area is 87.7 Å². The lowest BCUT2D eigenvalue weighted by molar-refractivity contribution is 0.803. The molecule has 0 heterocycles. The molecule has 76 valence electrons. The van der Waals surface area contributed by atoms with Crippen LogP contribution < -0.4 is 0 Å². The van der Waals surface area contributed by atoms with Gasteiger partial charge in [-0.1, -0.05) is 55.8 Å². The molecule has 1 rings (SSSR count). The molecule has 0 aliphatic carbocycles. The van der Waals surface area contributed by atoms with Gasteiger partial charge in [-0.2, -0.15) is 0 Å². The Hall–Kier alpha value is -1.04. The van der Waals surface area contributed by atoms with E-state index in [1.54, 1.807) is 0 Å². The molecule has 0 radical (unpaired) electrons. The Bertz CT molecular complexity index is 280. The average molecular weight is 188 g/mol. The molecule has 0 saturated heterocycles. The van der Waals surface area contributed by atoms with Gasteiger partial charge in [0.15, 0.2) is 0 Å². The van der Waals surface area contributed by atoms with Crippen LogP contribution in [0.25, 0.3) is 0 Å². The highest BCUT2D eigenvalue weighted by Gasteiger charge is 1.94. The molecular formula is C14H20. The van der Waals surface area contributed by atoms with Crippen LogP contribution in [0.1, 0.15) is 32.8 Å². The van der Waals surface area contributed by atoms with E-state index in [-0.39, 0.29) is 0 Å². The van der Waals surface area contributed by atoms with Gasteiger partial charge in [-0.25, -0.2) is 0 Å². The molecule has 1 aromatic rings. The summed E-state index contributed by atoms with van der Waals surface area (Å²) in [5.74, 6) is 0.672. The first-order chi connectivity index (χ1) is 6.68. The Morgan fingerprint density at radius 1 is 1.21 bits per heavy atom. The lowest BCUT2D eigenvalue weighted by Crippen LogP contribution is -1.88. The quantitative estimate of drug-likeness (QED) is 0.620. The van der Waals surface area contributed by atoms with Gasteiger partial charge in [-0.05, 0) is 31.2 Å². The van der Waals surface area contributed by atoms with Gasteiger partial charge in [-0.15, -0.1) is 0 Å². The third kappa shape index (κ3) is 4.27. The van der Waals surface area contributed by atoms with Crippen molar-refractivity contribution in [2.24, 2.45) is 5.92 Å². The smallest absolute Gasteiger partial charge is 0.0242 e. The Kier molecular flexibility index (Phi) is 4.45. The molecule has 0 heteroatoms. The molecule has 14 heavy (non-hydrogen) atoms. The van der Waals surface area contributed by atoms with Gasteiger partial charge >= 0.3 is 0 Å². The zero-order chi connectivity index (χ0) is 10.4. The van der Waals surface area contributed by atoms with Gasteiger partial charge in [0.05, 0.1) is 0 Å². The maximum absolute atomic E-state index is 2.35. The first-order valence-electron chi connectivity index (χ1n) is 5.39. The largest absolute Gasteiger partial charge is 0.0830 e. The van der Waals surface area contributed by atoms with Crippen molar-refractivity contribution in [1.82, 2.24) is 0 Å². The molecule has 0 N–H and O–H groups in total. The maximum atomic E-state index is 2.35. The molecule has 0 aliphatic heterocycles. The Morgan fingerprint density at radius 3 is 2.43 bits per heavy atom.